The fourth-order valence-corrected chi connectivity index (χ4v) is 2.27. The Morgan fingerprint density at radius 3 is 2.78 bits per heavy atom. The van der Waals surface area contributed by atoms with Crippen LogP contribution in [0.4, 0.5) is 5.69 Å². The molecule has 0 aliphatic heterocycles. The number of benzene rings is 1. The van der Waals surface area contributed by atoms with Crippen LogP contribution in [0.15, 0.2) is 36.9 Å². The number of allylic oxidation sites excluding steroid dienone is 2. The van der Waals surface area contributed by atoms with Gasteiger partial charge in [-0.15, -0.1) is 0 Å². The van der Waals surface area contributed by atoms with Gasteiger partial charge in [0, 0.05) is 0 Å². The summed E-state index contributed by atoms with van der Waals surface area (Å²) in [5, 5.41) is 12.2. The molecule has 0 atom stereocenters. The first-order valence-corrected chi connectivity index (χ1v) is 7.77. The molecular formula is C19H25BN2O. The summed E-state index contributed by atoms with van der Waals surface area (Å²) in [4.78, 5) is 0. The summed E-state index contributed by atoms with van der Waals surface area (Å²) in [7, 11) is 5.57. The van der Waals surface area contributed by atoms with Crippen molar-refractivity contribution in [1.82, 2.24) is 0 Å². The molecule has 120 valence electrons. The Morgan fingerprint density at radius 1 is 1.48 bits per heavy atom. The van der Waals surface area contributed by atoms with Crippen molar-refractivity contribution in [2.24, 2.45) is 5.41 Å². The molecule has 4 heteroatoms. The standard InChI is InChI=1S/C19H25BN2O/c1-5-9-19(2,3)13-18(23-11-6-10-20)16-8-7-15(14-21)12-17(16)22-4/h5,7-8,10,12-13,20,22H,1,6,9,11H2,2-4H3/b18-13-. The van der Waals surface area contributed by atoms with E-state index < -0.39 is 0 Å². The van der Waals surface area contributed by atoms with E-state index in [-0.39, 0.29) is 5.41 Å². The van der Waals surface area contributed by atoms with Crippen LogP contribution in [-0.2, 0) is 4.74 Å². The number of hydrogen-bond donors (Lipinski definition) is 1. The quantitative estimate of drug-likeness (QED) is 0.328. The molecule has 0 aromatic heterocycles. The molecule has 1 aromatic carbocycles. The van der Waals surface area contributed by atoms with Crippen molar-refractivity contribution in [3.63, 3.8) is 0 Å². The first-order chi connectivity index (χ1) is 11.0. The third-order valence-corrected chi connectivity index (χ3v) is 3.46. The average molecular weight is 308 g/mol. The van der Waals surface area contributed by atoms with Crippen molar-refractivity contribution < 1.29 is 4.74 Å². The minimum absolute atomic E-state index is 0.0653. The van der Waals surface area contributed by atoms with Crippen LogP contribution in [0, 0.1) is 16.7 Å². The van der Waals surface area contributed by atoms with Gasteiger partial charge in [0.2, 0.25) is 0 Å². The third kappa shape index (κ3) is 5.79. The molecule has 0 saturated carbocycles. The second-order valence-electron chi connectivity index (χ2n) is 6.04. The van der Waals surface area contributed by atoms with E-state index in [4.69, 9.17) is 10.00 Å². The monoisotopic (exact) mass is 308 g/mol. The Labute approximate surface area is 140 Å². The van der Waals surface area contributed by atoms with Crippen LogP contribution in [0.5, 0.6) is 0 Å². The van der Waals surface area contributed by atoms with E-state index in [2.05, 4.69) is 45.4 Å². The number of nitriles is 1. The van der Waals surface area contributed by atoms with Gasteiger partial charge < -0.3 is 0 Å². The van der Waals surface area contributed by atoms with E-state index >= 15 is 0 Å². The molecule has 1 N–H and O–H groups in total. The Hall–Kier alpha value is -2.28. The zero-order valence-corrected chi connectivity index (χ0v) is 14.4. The predicted octanol–water partition coefficient (Wildman–Crippen LogP) is 3.65. The van der Waals surface area contributed by atoms with Crippen LogP contribution in [0.2, 0.25) is 0 Å². The normalized spacial score (nSPS) is 11.4. The molecule has 0 aliphatic rings. The SMILES string of the molecule is B=CCCO/C(=C\C(C)(C)CC=C)c1ccc(C#N)cc1NC. The van der Waals surface area contributed by atoms with Gasteiger partial charge in [0.1, 0.15) is 0 Å². The van der Waals surface area contributed by atoms with Crippen LogP contribution in [0.1, 0.15) is 37.8 Å². The Morgan fingerprint density at radius 2 is 2.22 bits per heavy atom. The van der Waals surface area contributed by atoms with Crippen molar-refractivity contribution in [3.8, 4) is 6.07 Å². The minimum atomic E-state index is -0.0653. The number of nitrogens with zero attached hydrogens (tertiary/aromatic N) is 1. The second-order valence-corrected chi connectivity index (χ2v) is 6.04. The molecule has 0 unspecified atom stereocenters. The summed E-state index contributed by atoms with van der Waals surface area (Å²) in [6.45, 7) is 8.69. The first-order valence-electron chi connectivity index (χ1n) is 7.77. The number of hydrogen-bond acceptors (Lipinski definition) is 3. The Bertz CT molecular complexity index is 627. The van der Waals surface area contributed by atoms with E-state index in [1.165, 1.54) is 0 Å². The summed E-state index contributed by atoms with van der Waals surface area (Å²) in [5.74, 6) is 2.65. The van der Waals surface area contributed by atoms with Gasteiger partial charge in [0.15, 0.2) is 0 Å². The molecule has 1 rings (SSSR count). The van der Waals surface area contributed by atoms with Gasteiger partial charge in [-0.3, -0.25) is 0 Å². The van der Waals surface area contributed by atoms with E-state index in [9.17, 15) is 0 Å². The zero-order chi connectivity index (χ0) is 17.3. The van der Waals surface area contributed by atoms with Gasteiger partial charge >= 0.3 is 140 Å². The van der Waals surface area contributed by atoms with Gasteiger partial charge in [-0.2, -0.15) is 0 Å². The second kappa shape index (κ2) is 9.00. The van der Waals surface area contributed by atoms with Crippen LogP contribution < -0.4 is 5.32 Å². The molecule has 0 spiro atoms. The van der Waals surface area contributed by atoms with Crippen LogP contribution in [0.3, 0.4) is 0 Å². The number of rotatable bonds is 9. The average Bonchev–Trinajstić information content (AvgIpc) is 2.53. The number of nitrogens with one attached hydrogen (secondary N) is 1. The molecule has 1 aromatic rings. The predicted molar refractivity (Wildman–Crippen MR) is 101 cm³/mol. The maximum absolute atomic E-state index is 9.07. The molecule has 0 fully saturated rings. The topological polar surface area (TPSA) is 45.0 Å². The number of anilines is 1. The van der Waals surface area contributed by atoms with Gasteiger partial charge in [0.05, 0.1) is 0 Å². The van der Waals surface area contributed by atoms with Crippen molar-refractivity contribution in [3.05, 3.63) is 48.1 Å². The van der Waals surface area contributed by atoms with Crippen LogP contribution in [0.25, 0.3) is 5.76 Å². The molecule has 0 heterocycles. The fourth-order valence-electron chi connectivity index (χ4n) is 2.27. The molecule has 3 nitrogen and oxygen atoms in total. The Kier molecular flexibility index (Phi) is 7.34. The molecule has 0 radical (unpaired) electrons. The van der Waals surface area contributed by atoms with E-state index in [0.29, 0.717) is 12.2 Å². The van der Waals surface area contributed by atoms with Gasteiger partial charge in [-0.05, 0) is 0 Å². The zero-order valence-electron chi connectivity index (χ0n) is 14.4. The van der Waals surface area contributed by atoms with E-state index in [1.807, 2.05) is 31.2 Å². The van der Waals surface area contributed by atoms with Gasteiger partial charge in [0.25, 0.3) is 0 Å². The van der Waals surface area contributed by atoms with E-state index in [0.717, 1.165) is 29.9 Å². The summed E-state index contributed by atoms with van der Waals surface area (Å²) >= 11 is 0. The first kappa shape index (κ1) is 18.8. The summed E-state index contributed by atoms with van der Waals surface area (Å²) in [6, 6.07) is 7.73. The van der Waals surface area contributed by atoms with Crippen molar-refractivity contribution in [1.29, 1.82) is 5.26 Å². The van der Waals surface area contributed by atoms with Crippen LogP contribution in [-0.4, -0.2) is 27.1 Å². The molecule has 23 heavy (non-hydrogen) atoms. The maximum atomic E-state index is 9.07. The molecular weight excluding hydrogens is 283 g/mol. The summed E-state index contributed by atoms with van der Waals surface area (Å²) < 4.78 is 6.00. The summed E-state index contributed by atoms with van der Waals surface area (Å²) in [6.07, 6.45) is 5.67. The molecule has 0 aliphatic carbocycles. The van der Waals surface area contributed by atoms with Gasteiger partial charge in [-0.1, -0.05) is 0 Å². The molecule has 0 saturated heterocycles. The summed E-state index contributed by atoms with van der Waals surface area (Å²) in [5.41, 5.74) is 2.38. The fraction of sp³-hybridized carbons (Fsp3) is 0.368. The number of ether oxygens (including phenoxy) is 1. The molecule has 0 bridgehead atoms. The van der Waals surface area contributed by atoms with Crippen molar-refractivity contribution in [2.75, 3.05) is 19.0 Å². The van der Waals surface area contributed by atoms with E-state index in [1.54, 1.807) is 6.07 Å². The van der Waals surface area contributed by atoms with Gasteiger partial charge in [-0.25, -0.2) is 0 Å². The van der Waals surface area contributed by atoms with Crippen molar-refractivity contribution in [2.45, 2.75) is 26.7 Å². The third-order valence-electron chi connectivity index (χ3n) is 3.46. The molecule has 0 amide bonds. The Balaban J connectivity index is 3.28. The van der Waals surface area contributed by atoms with Crippen molar-refractivity contribution >= 4 is 24.9 Å². The van der Waals surface area contributed by atoms with Crippen LogP contribution >= 0.6 is 0 Å².